The van der Waals surface area contributed by atoms with E-state index in [-0.39, 0.29) is 18.0 Å². The number of amides is 1. The Balaban J connectivity index is 1.39. The minimum Gasteiger partial charge on any atom is -0.350 e. The van der Waals surface area contributed by atoms with Crippen molar-refractivity contribution in [3.05, 3.63) is 47.7 Å². The topological polar surface area (TPSA) is 119 Å². The molecule has 9 heteroatoms. The molecule has 2 atom stereocenters. The van der Waals surface area contributed by atoms with Crippen molar-refractivity contribution in [2.75, 3.05) is 10.6 Å². The van der Waals surface area contributed by atoms with Crippen molar-refractivity contribution in [1.82, 2.24) is 19.9 Å². The second-order valence-electron chi connectivity index (χ2n) is 7.47. The van der Waals surface area contributed by atoms with Crippen LogP contribution in [0.3, 0.4) is 0 Å². The zero-order chi connectivity index (χ0) is 20.5. The summed E-state index contributed by atoms with van der Waals surface area (Å²) in [6.45, 7) is 0. The van der Waals surface area contributed by atoms with Crippen LogP contribution in [-0.2, 0) is 0 Å². The standard InChI is InChI=1S/C21H21N7OS/c22-14-3-1-2-4-16(14)26-21-24-10-17-19(28-21)13(11-30-17)20(29)27-18-6-5-12-9-23-8-7-15(12)25-18/h5-11,14,16H,1-4,22H2,(H,24,26,28)(H,25,27,29)/t14-,16+/m0/s1. The van der Waals surface area contributed by atoms with Crippen LogP contribution in [-0.4, -0.2) is 37.9 Å². The molecular formula is C21H21N7OS. The fourth-order valence-electron chi connectivity index (χ4n) is 3.78. The summed E-state index contributed by atoms with van der Waals surface area (Å²) < 4.78 is 0.858. The molecule has 1 aliphatic carbocycles. The summed E-state index contributed by atoms with van der Waals surface area (Å²) in [6, 6.07) is 5.71. The minimum atomic E-state index is -0.249. The molecule has 1 fully saturated rings. The van der Waals surface area contributed by atoms with Gasteiger partial charge in [-0.1, -0.05) is 12.8 Å². The maximum atomic E-state index is 12.9. The van der Waals surface area contributed by atoms with Crippen LogP contribution in [0, 0.1) is 0 Å². The molecule has 4 N–H and O–H groups in total. The first-order valence-corrected chi connectivity index (χ1v) is 10.8. The molecule has 4 aromatic heterocycles. The second kappa shape index (κ2) is 7.92. The van der Waals surface area contributed by atoms with E-state index in [0.29, 0.717) is 22.8 Å². The van der Waals surface area contributed by atoms with Crippen LogP contribution < -0.4 is 16.4 Å². The molecule has 0 spiro atoms. The number of nitrogens with zero attached hydrogens (tertiary/aromatic N) is 4. The van der Waals surface area contributed by atoms with E-state index in [9.17, 15) is 4.79 Å². The summed E-state index contributed by atoms with van der Waals surface area (Å²) >= 11 is 1.44. The molecule has 0 aromatic carbocycles. The zero-order valence-corrected chi connectivity index (χ0v) is 17.0. The molecule has 8 nitrogen and oxygen atoms in total. The predicted molar refractivity (Wildman–Crippen MR) is 119 cm³/mol. The van der Waals surface area contributed by atoms with E-state index in [0.717, 1.165) is 41.3 Å². The summed E-state index contributed by atoms with van der Waals surface area (Å²) in [4.78, 5) is 30.5. The molecule has 1 saturated carbocycles. The first-order valence-electron chi connectivity index (χ1n) is 9.96. The van der Waals surface area contributed by atoms with Gasteiger partial charge in [-0.2, -0.15) is 0 Å². The van der Waals surface area contributed by atoms with Crippen LogP contribution in [0.5, 0.6) is 0 Å². The van der Waals surface area contributed by atoms with Crippen LogP contribution >= 0.6 is 11.3 Å². The summed E-state index contributed by atoms with van der Waals surface area (Å²) in [6.07, 6.45) is 9.48. The molecule has 0 saturated heterocycles. The number of rotatable bonds is 4. The van der Waals surface area contributed by atoms with Crippen LogP contribution in [0.1, 0.15) is 36.0 Å². The summed E-state index contributed by atoms with van der Waals surface area (Å²) in [7, 11) is 0. The molecule has 0 aliphatic heterocycles. The number of thiophene rings is 1. The molecule has 4 heterocycles. The van der Waals surface area contributed by atoms with E-state index < -0.39 is 0 Å². The molecule has 1 amide bonds. The highest BCUT2D eigenvalue weighted by atomic mass is 32.1. The van der Waals surface area contributed by atoms with E-state index in [4.69, 9.17) is 5.73 Å². The number of fused-ring (bicyclic) bond motifs is 2. The van der Waals surface area contributed by atoms with Gasteiger partial charge in [0.1, 0.15) is 5.82 Å². The molecule has 152 valence electrons. The summed E-state index contributed by atoms with van der Waals surface area (Å²) in [5, 5.41) is 8.95. The average Bonchev–Trinajstić information content (AvgIpc) is 3.19. The van der Waals surface area contributed by atoms with Gasteiger partial charge in [-0.3, -0.25) is 9.78 Å². The molecule has 30 heavy (non-hydrogen) atoms. The fourth-order valence-corrected chi connectivity index (χ4v) is 4.63. The van der Waals surface area contributed by atoms with Crippen molar-refractivity contribution < 1.29 is 4.79 Å². The van der Waals surface area contributed by atoms with Gasteiger partial charge in [-0.15, -0.1) is 11.3 Å². The van der Waals surface area contributed by atoms with Gasteiger partial charge in [0.05, 0.1) is 27.5 Å². The largest absolute Gasteiger partial charge is 0.350 e. The molecule has 0 unspecified atom stereocenters. The SMILES string of the molecule is N[C@H]1CCCC[C@H]1Nc1ncc2scc(C(=O)Nc3ccc4cnccc4n3)c2n1. The lowest BCUT2D eigenvalue weighted by molar-refractivity contribution is 0.102. The van der Waals surface area contributed by atoms with Crippen molar-refractivity contribution in [2.45, 2.75) is 37.8 Å². The molecule has 4 aromatic rings. The van der Waals surface area contributed by atoms with Gasteiger partial charge in [-0.05, 0) is 31.0 Å². The van der Waals surface area contributed by atoms with Crippen LogP contribution in [0.25, 0.3) is 21.1 Å². The average molecular weight is 420 g/mol. The number of hydrogen-bond donors (Lipinski definition) is 3. The van der Waals surface area contributed by atoms with E-state index in [1.165, 1.54) is 11.3 Å². The first-order chi connectivity index (χ1) is 14.7. The lowest BCUT2D eigenvalue weighted by atomic mass is 9.91. The van der Waals surface area contributed by atoms with Gasteiger partial charge in [0.15, 0.2) is 0 Å². The number of nitrogens with two attached hydrogens (primary N) is 1. The molecule has 5 rings (SSSR count). The van der Waals surface area contributed by atoms with Gasteiger partial charge in [0.25, 0.3) is 5.91 Å². The lowest BCUT2D eigenvalue weighted by Crippen LogP contribution is -2.42. The van der Waals surface area contributed by atoms with Crippen LogP contribution in [0.4, 0.5) is 11.8 Å². The fraction of sp³-hybridized carbons (Fsp3) is 0.286. The predicted octanol–water partition coefficient (Wildman–Crippen LogP) is 3.57. The van der Waals surface area contributed by atoms with Crippen molar-refractivity contribution in [1.29, 1.82) is 0 Å². The Morgan fingerprint density at radius 3 is 2.93 bits per heavy atom. The Morgan fingerprint density at radius 1 is 1.13 bits per heavy atom. The number of nitrogens with one attached hydrogen (secondary N) is 2. The van der Waals surface area contributed by atoms with E-state index >= 15 is 0 Å². The Hall–Kier alpha value is -3.17. The third-order valence-corrected chi connectivity index (χ3v) is 6.33. The Kier molecular flexibility index (Phi) is 4.97. The van der Waals surface area contributed by atoms with Crippen molar-refractivity contribution >= 4 is 50.1 Å². The van der Waals surface area contributed by atoms with E-state index in [2.05, 4.69) is 30.6 Å². The van der Waals surface area contributed by atoms with Gasteiger partial charge < -0.3 is 16.4 Å². The number of anilines is 2. The number of hydrogen-bond acceptors (Lipinski definition) is 8. The summed E-state index contributed by atoms with van der Waals surface area (Å²) in [5.41, 5.74) is 8.14. The molecule has 0 radical (unpaired) electrons. The van der Waals surface area contributed by atoms with Gasteiger partial charge >= 0.3 is 0 Å². The highest BCUT2D eigenvalue weighted by molar-refractivity contribution is 7.17. The van der Waals surface area contributed by atoms with Crippen molar-refractivity contribution in [3.63, 3.8) is 0 Å². The Labute approximate surface area is 177 Å². The van der Waals surface area contributed by atoms with Gasteiger partial charge in [0, 0.05) is 35.2 Å². The first kappa shape index (κ1) is 18.8. The number of carbonyl (C=O) groups excluding carboxylic acids is 1. The van der Waals surface area contributed by atoms with Crippen LogP contribution in [0.15, 0.2) is 42.2 Å². The monoisotopic (exact) mass is 419 g/mol. The highest BCUT2D eigenvalue weighted by Gasteiger charge is 2.23. The maximum absolute atomic E-state index is 12.9. The third-order valence-electron chi connectivity index (χ3n) is 5.42. The Bertz CT molecular complexity index is 1220. The Morgan fingerprint density at radius 2 is 2.03 bits per heavy atom. The lowest BCUT2D eigenvalue weighted by Gasteiger charge is -2.29. The van der Waals surface area contributed by atoms with E-state index in [1.54, 1.807) is 30.0 Å². The van der Waals surface area contributed by atoms with Crippen molar-refractivity contribution in [2.24, 2.45) is 5.73 Å². The number of aromatic nitrogens is 4. The maximum Gasteiger partial charge on any atom is 0.259 e. The summed E-state index contributed by atoms with van der Waals surface area (Å²) in [5.74, 6) is 0.744. The molecule has 1 aliphatic rings. The zero-order valence-electron chi connectivity index (χ0n) is 16.2. The second-order valence-corrected chi connectivity index (χ2v) is 8.39. The molecular weight excluding hydrogens is 398 g/mol. The smallest absolute Gasteiger partial charge is 0.259 e. The van der Waals surface area contributed by atoms with Crippen LogP contribution in [0.2, 0.25) is 0 Å². The van der Waals surface area contributed by atoms with Gasteiger partial charge in [-0.25, -0.2) is 15.0 Å². The normalized spacial score (nSPS) is 19.1. The van der Waals surface area contributed by atoms with E-state index in [1.807, 2.05) is 12.1 Å². The minimum absolute atomic E-state index is 0.0949. The quantitative estimate of drug-likeness (QED) is 0.463. The highest BCUT2D eigenvalue weighted by Crippen LogP contribution is 2.27. The number of carbonyl (C=O) groups is 1. The number of pyridine rings is 2. The molecule has 0 bridgehead atoms. The third kappa shape index (κ3) is 3.69. The van der Waals surface area contributed by atoms with Gasteiger partial charge in [0.2, 0.25) is 5.95 Å². The van der Waals surface area contributed by atoms with Crippen molar-refractivity contribution in [3.8, 4) is 0 Å².